The number of benzene rings is 1. The molecule has 1 aromatic carbocycles. The fourth-order valence-electron chi connectivity index (χ4n) is 2.18. The molecule has 1 aromatic rings. The Morgan fingerprint density at radius 3 is 2.36 bits per heavy atom. The molecular weight excluding hydrogens is 324 g/mol. The Bertz CT molecular complexity index is 554. The van der Waals surface area contributed by atoms with Gasteiger partial charge in [0, 0.05) is 6.42 Å². The van der Waals surface area contributed by atoms with Crippen molar-refractivity contribution < 1.29 is 29.6 Å². The van der Waals surface area contributed by atoms with Crippen molar-refractivity contribution in [1.82, 2.24) is 0 Å². The third-order valence-electron chi connectivity index (χ3n) is 3.67. The summed E-state index contributed by atoms with van der Waals surface area (Å²) in [6.07, 6.45) is -4.48. The van der Waals surface area contributed by atoms with E-state index < -0.39 is 30.6 Å². The van der Waals surface area contributed by atoms with Crippen molar-refractivity contribution >= 4 is 5.97 Å². The molecule has 4 unspecified atom stereocenters. The predicted molar refractivity (Wildman–Crippen MR) is 94.2 cm³/mol. The molecule has 0 saturated carbocycles. The van der Waals surface area contributed by atoms with Crippen LogP contribution in [0.25, 0.3) is 0 Å². The van der Waals surface area contributed by atoms with Crippen molar-refractivity contribution in [2.24, 2.45) is 5.92 Å². The van der Waals surface area contributed by atoms with Crippen LogP contribution in [0.5, 0.6) is 0 Å². The molecule has 1 aliphatic rings. The van der Waals surface area contributed by atoms with Gasteiger partial charge in [-0.2, -0.15) is 0 Å². The topological polar surface area (TPSA) is 96.2 Å². The summed E-state index contributed by atoms with van der Waals surface area (Å²) >= 11 is 0. The summed E-state index contributed by atoms with van der Waals surface area (Å²) in [6.45, 7) is 10.1. The molecule has 1 heterocycles. The maximum Gasteiger partial charge on any atom is 0.338 e. The van der Waals surface area contributed by atoms with Crippen molar-refractivity contribution in [3.63, 3.8) is 0 Å². The van der Waals surface area contributed by atoms with Gasteiger partial charge in [0.25, 0.3) is 0 Å². The summed E-state index contributed by atoms with van der Waals surface area (Å²) in [5.74, 6) is 0.295. The van der Waals surface area contributed by atoms with Crippen LogP contribution in [0.15, 0.2) is 18.2 Å². The maximum absolute atomic E-state index is 11.9. The number of carbonyl (C=O) groups is 1. The number of aryl methyl sites for hydroxylation is 2. The summed E-state index contributed by atoms with van der Waals surface area (Å²) in [7, 11) is 0. The molecule has 0 spiro atoms. The number of hydrogen-bond donors (Lipinski definition) is 3. The summed E-state index contributed by atoms with van der Waals surface area (Å²) in [4.78, 5) is 11.9. The lowest BCUT2D eigenvalue weighted by Gasteiger charge is -2.34. The lowest BCUT2D eigenvalue weighted by molar-refractivity contribution is -0.239. The molecule has 142 valence electrons. The van der Waals surface area contributed by atoms with Crippen molar-refractivity contribution in [2.45, 2.75) is 65.6 Å². The molecule has 6 nitrogen and oxygen atoms in total. The molecule has 25 heavy (non-hydrogen) atoms. The average Bonchev–Trinajstić information content (AvgIpc) is 2.51. The summed E-state index contributed by atoms with van der Waals surface area (Å²) in [5, 5.41) is 28.7. The lowest BCUT2D eigenvalue weighted by atomic mass is 10.0. The quantitative estimate of drug-likeness (QED) is 0.718. The van der Waals surface area contributed by atoms with Gasteiger partial charge in [0.05, 0.1) is 11.7 Å². The minimum atomic E-state index is -1.19. The summed E-state index contributed by atoms with van der Waals surface area (Å²) in [5.41, 5.74) is 2.46. The van der Waals surface area contributed by atoms with E-state index in [1.165, 1.54) is 0 Å². The summed E-state index contributed by atoms with van der Waals surface area (Å²) in [6, 6.07) is 5.21. The van der Waals surface area contributed by atoms with Gasteiger partial charge in [-0.25, -0.2) is 4.79 Å². The standard InChI is InChI=1S/C15H20O6.C4H10/c1-8-3-4-10(5-9(8)2)15(19)20-7-12-14(18)11(16)6-13(17)21-12;1-4(2)3/h3-5,11-14,16-18H,6-7H2,1-2H3;4H,1-3H3. The fourth-order valence-corrected chi connectivity index (χ4v) is 2.18. The molecule has 1 aliphatic heterocycles. The second-order valence-corrected chi connectivity index (χ2v) is 7.05. The molecule has 0 aliphatic carbocycles. The zero-order chi connectivity index (χ0) is 19.1. The largest absolute Gasteiger partial charge is 0.459 e. The fraction of sp³-hybridized carbons (Fsp3) is 0.632. The van der Waals surface area contributed by atoms with Gasteiger partial charge in [-0.1, -0.05) is 26.8 Å². The predicted octanol–water partition coefficient (Wildman–Crippen LogP) is 1.95. The van der Waals surface area contributed by atoms with E-state index in [2.05, 4.69) is 20.8 Å². The van der Waals surface area contributed by atoms with Crippen molar-refractivity contribution in [1.29, 1.82) is 0 Å². The number of rotatable bonds is 3. The first-order valence-electron chi connectivity index (χ1n) is 8.55. The second kappa shape index (κ2) is 9.87. The number of hydrogen-bond acceptors (Lipinski definition) is 6. The number of ether oxygens (including phenoxy) is 2. The van der Waals surface area contributed by atoms with Crippen molar-refractivity contribution in [3.05, 3.63) is 34.9 Å². The zero-order valence-corrected chi connectivity index (χ0v) is 15.6. The van der Waals surface area contributed by atoms with Crippen LogP contribution in [0.3, 0.4) is 0 Å². The number of aliphatic hydroxyl groups is 3. The van der Waals surface area contributed by atoms with Crippen LogP contribution in [-0.4, -0.2) is 52.5 Å². The van der Waals surface area contributed by atoms with E-state index in [1.54, 1.807) is 12.1 Å². The minimum Gasteiger partial charge on any atom is -0.459 e. The van der Waals surface area contributed by atoms with E-state index in [-0.39, 0.29) is 13.0 Å². The van der Waals surface area contributed by atoms with Crippen LogP contribution in [0.2, 0.25) is 0 Å². The molecule has 1 saturated heterocycles. The molecule has 2 rings (SSSR count). The van der Waals surface area contributed by atoms with Crippen LogP contribution in [0, 0.1) is 19.8 Å². The van der Waals surface area contributed by atoms with Gasteiger partial charge >= 0.3 is 5.97 Å². The molecule has 0 bridgehead atoms. The van der Waals surface area contributed by atoms with Gasteiger partial charge in [-0.05, 0) is 43.0 Å². The smallest absolute Gasteiger partial charge is 0.338 e. The monoisotopic (exact) mass is 354 g/mol. The number of aliphatic hydroxyl groups excluding tert-OH is 3. The van der Waals surface area contributed by atoms with Crippen LogP contribution in [-0.2, 0) is 9.47 Å². The Labute approximate surface area is 149 Å². The molecule has 1 fully saturated rings. The second-order valence-electron chi connectivity index (χ2n) is 7.05. The average molecular weight is 354 g/mol. The van der Waals surface area contributed by atoms with Gasteiger partial charge < -0.3 is 24.8 Å². The highest BCUT2D eigenvalue weighted by Gasteiger charge is 2.36. The van der Waals surface area contributed by atoms with Crippen LogP contribution < -0.4 is 0 Å². The van der Waals surface area contributed by atoms with E-state index in [9.17, 15) is 20.1 Å². The molecule has 0 amide bonds. The van der Waals surface area contributed by atoms with Gasteiger partial charge in [0.15, 0.2) is 6.29 Å². The minimum absolute atomic E-state index is 0.0667. The third-order valence-corrected chi connectivity index (χ3v) is 3.67. The zero-order valence-electron chi connectivity index (χ0n) is 15.6. The first kappa shape index (κ1) is 21.6. The van der Waals surface area contributed by atoms with Gasteiger partial charge in [-0.3, -0.25) is 0 Å². The van der Waals surface area contributed by atoms with E-state index in [0.717, 1.165) is 17.0 Å². The van der Waals surface area contributed by atoms with Gasteiger partial charge in [0.1, 0.15) is 18.8 Å². The normalized spacial score (nSPS) is 26.0. The van der Waals surface area contributed by atoms with Crippen LogP contribution in [0.1, 0.15) is 48.7 Å². The molecule has 6 heteroatoms. The number of esters is 1. The number of carbonyl (C=O) groups excluding carboxylic acids is 1. The first-order valence-corrected chi connectivity index (χ1v) is 8.55. The van der Waals surface area contributed by atoms with Gasteiger partial charge in [0.2, 0.25) is 0 Å². The Kier molecular flexibility index (Phi) is 8.52. The molecule has 0 aromatic heterocycles. The van der Waals surface area contributed by atoms with Crippen molar-refractivity contribution in [3.8, 4) is 0 Å². The Morgan fingerprint density at radius 1 is 1.20 bits per heavy atom. The molecule has 0 radical (unpaired) electrons. The third kappa shape index (κ3) is 7.12. The highest BCUT2D eigenvalue weighted by atomic mass is 16.6. The van der Waals surface area contributed by atoms with Crippen LogP contribution in [0.4, 0.5) is 0 Å². The van der Waals surface area contributed by atoms with E-state index >= 15 is 0 Å². The van der Waals surface area contributed by atoms with Crippen molar-refractivity contribution in [2.75, 3.05) is 6.61 Å². The highest BCUT2D eigenvalue weighted by molar-refractivity contribution is 5.89. The van der Waals surface area contributed by atoms with E-state index in [0.29, 0.717) is 5.56 Å². The highest BCUT2D eigenvalue weighted by Crippen LogP contribution is 2.20. The molecular formula is C19H30O6. The first-order chi connectivity index (χ1) is 11.6. The van der Waals surface area contributed by atoms with Gasteiger partial charge in [-0.15, -0.1) is 0 Å². The Morgan fingerprint density at radius 2 is 1.80 bits per heavy atom. The Hall–Kier alpha value is -1.47. The molecule has 3 N–H and O–H groups in total. The van der Waals surface area contributed by atoms with E-state index in [1.807, 2.05) is 19.9 Å². The lowest BCUT2D eigenvalue weighted by Crippen LogP contribution is -2.50. The van der Waals surface area contributed by atoms with E-state index in [4.69, 9.17) is 9.47 Å². The molecule has 4 atom stereocenters. The summed E-state index contributed by atoms with van der Waals surface area (Å²) < 4.78 is 10.1. The maximum atomic E-state index is 11.9. The SMILES string of the molecule is CC(C)C.Cc1ccc(C(=O)OCC2OC(O)CC(O)C2O)cc1C. The van der Waals surface area contributed by atoms with Crippen LogP contribution >= 0.6 is 0 Å². The Balaban J connectivity index is 0.000000705.